The molecule has 4 heterocycles. The van der Waals surface area contributed by atoms with Gasteiger partial charge in [-0.25, -0.2) is 4.98 Å². The highest BCUT2D eigenvalue weighted by atomic mass is 35.5. The van der Waals surface area contributed by atoms with Crippen LogP contribution in [0, 0.1) is 6.92 Å². The number of rotatable bonds is 3. The van der Waals surface area contributed by atoms with Crippen molar-refractivity contribution in [2.45, 2.75) is 13.5 Å². The van der Waals surface area contributed by atoms with Gasteiger partial charge in [-0.2, -0.15) is 0 Å². The first-order valence-corrected chi connectivity index (χ1v) is 9.53. The van der Waals surface area contributed by atoms with Gasteiger partial charge in [0.05, 0.1) is 16.7 Å². The number of hydrogen-bond acceptors (Lipinski definition) is 5. The van der Waals surface area contributed by atoms with Crippen molar-refractivity contribution in [3.8, 4) is 0 Å². The van der Waals surface area contributed by atoms with Gasteiger partial charge >= 0.3 is 0 Å². The standard InChI is InChI=1S/C19H19Cl2N5O/c1-12-2-3-17(18(21)23-12)26-6-4-25(5-7-26)11-13-8-16-15(22-10-13)9-14(20)19(27)24-16/h2-3,8-10H,4-7,11H2,1H3,(H,24,27). The average Bonchev–Trinajstić information content (AvgIpc) is 2.64. The van der Waals surface area contributed by atoms with Crippen molar-refractivity contribution < 1.29 is 0 Å². The number of aromatic nitrogens is 3. The van der Waals surface area contributed by atoms with Crippen molar-refractivity contribution in [2.24, 2.45) is 0 Å². The van der Waals surface area contributed by atoms with E-state index in [2.05, 4.69) is 24.8 Å². The number of aromatic amines is 1. The smallest absolute Gasteiger partial charge is 0.267 e. The Balaban J connectivity index is 1.44. The van der Waals surface area contributed by atoms with E-state index >= 15 is 0 Å². The Morgan fingerprint density at radius 1 is 1.15 bits per heavy atom. The van der Waals surface area contributed by atoms with E-state index in [0.717, 1.165) is 49.7 Å². The number of hydrogen-bond donors (Lipinski definition) is 1. The number of anilines is 1. The molecule has 0 bridgehead atoms. The van der Waals surface area contributed by atoms with Gasteiger partial charge in [0.2, 0.25) is 0 Å². The summed E-state index contributed by atoms with van der Waals surface area (Å²) in [5, 5.41) is 0.716. The van der Waals surface area contributed by atoms with E-state index in [9.17, 15) is 4.79 Å². The zero-order chi connectivity index (χ0) is 19.0. The van der Waals surface area contributed by atoms with E-state index in [1.54, 1.807) is 6.07 Å². The second-order valence-electron chi connectivity index (χ2n) is 6.75. The molecule has 1 fully saturated rings. The van der Waals surface area contributed by atoms with E-state index in [-0.39, 0.29) is 10.6 Å². The summed E-state index contributed by atoms with van der Waals surface area (Å²) in [6, 6.07) is 7.58. The Bertz CT molecular complexity index is 1040. The highest BCUT2D eigenvalue weighted by molar-refractivity contribution is 6.32. The lowest BCUT2D eigenvalue weighted by atomic mass is 10.2. The third-order valence-corrected chi connectivity index (χ3v) is 5.35. The molecule has 1 aliphatic heterocycles. The molecule has 1 saturated heterocycles. The van der Waals surface area contributed by atoms with Crippen LogP contribution in [-0.2, 0) is 6.54 Å². The van der Waals surface area contributed by atoms with Crippen LogP contribution in [-0.4, -0.2) is 46.0 Å². The lowest BCUT2D eigenvalue weighted by Gasteiger charge is -2.36. The number of nitrogens with one attached hydrogen (secondary N) is 1. The maximum absolute atomic E-state index is 11.7. The summed E-state index contributed by atoms with van der Waals surface area (Å²) < 4.78 is 0. The van der Waals surface area contributed by atoms with Crippen molar-refractivity contribution in [3.05, 3.63) is 62.2 Å². The van der Waals surface area contributed by atoms with Crippen molar-refractivity contribution in [1.29, 1.82) is 0 Å². The van der Waals surface area contributed by atoms with Gasteiger partial charge in [0.1, 0.15) is 5.02 Å². The van der Waals surface area contributed by atoms with Crippen LogP contribution < -0.4 is 10.5 Å². The minimum atomic E-state index is -0.291. The molecular weight excluding hydrogens is 385 g/mol. The third kappa shape index (κ3) is 3.93. The van der Waals surface area contributed by atoms with E-state index in [1.807, 2.05) is 31.3 Å². The number of piperazine rings is 1. The van der Waals surface area contributed by atoms with E-state index in [4.69, 9.17) is 23.2 Å². The van der Waals surface area contributed by atoms with E-state index < -0.39 is 0 Å². The maximum atomic E-state index is 11.7. The molecule has 4 rings (SSSR count). The van der Waals surface area contributed by atoms with Gasteiger partial charge in [0, 0.05) is 44.6 Å². The van der Waals surface area contributed by atoms with Gasteiger partial charge in [-0.1, -0.05) is 23.2 Å². The highest BCUT2D eigenvalue weighted by Gasteiger charge is 2.19. The Hall–Kier alpha value is -2.15. The SMILES string of the molecule is Cc1ccc(N2CCN(Cc3cnc4cc(Cl)c(=O)[nH]c4c3)CC2)c(Cl)n1. The number of H-pyrrole nitrogens is 1. The molecule has 0 spiro atoms. The largest absolute Gasteiger partial charge is 0.366 e. The van der Waals surface area contributed by atoms with Crippen molar-refractivity contribution in [2.75, 3.05) is 31.1 Å². The van der Waals surface area contributed by atoms with Gasteiger partial charge < -0.3 is 9.88 Å². The molecule has 0 saturated carbocycles. The number of nitrogens with zero attached hydrogens (tertiary/aromatic N) is 4. The molecule has 3 aromatic heterocycles. The summed E-state index contributed by atoms with van der Waals surface area (Å²) >= 11 is 12.2. The number of halogens is 2. The van der Waals surface area contributed by atoms with Crippen LogP contribution in [0.25, 0.3) is 11.0 Å². The third-order valence-electron chi connectivity index (χ3n) is 4.79. The summed E-state index contributed by atoms with van der Waals surface area (Å²) in [6.07, 6.45) is 1.84. The molecule has 0 radical (unpaired) electrons. The second kappa shape index (κ2) is 7.46. The monoisotopic (exact) mass is 403 g/mol. The molecule has 6 nitrogen and oxygen atoms in total. The van der Waals surface area contributed by atoms with Crippen LogP contribution in [0.5, 0.6) is 0 Å². The molecule has 8 heteroatoms. The first-order chi connectivity index (χ1) is 13.0. The van der Waals surface area contributed by atoms with Crippen LogP contribution in [0.3, 0.4) is 0 Å². The molecule has 3 aromatic rings. The molecule has 0 atom stereocenters. The van der Waals surface area contributed by atoms with Crippen LogP contribution in [0.15, 0.2) is 35.3 Å². The number of fused-ring (bicyclic) bond motifs is 1. The van der Waals surface area contributed by atoms with Gasteiger partial charge in [0.15, 0.2) is 5.15 Å². The lowest BCUT2D eigenvalue weighted by Crippen LogP contribution is -2.46. The Kier molecular flexibility index (Phi) is 5.04. The van der Waals surface area contributed by atoms with Gasteiger partial charge in [-0.05, 0) is 36.8 Å². The van der Waals surface area contributed by atoms with Crippen LogP contribution in [0.2, 0.25) is 10.2 Å². The fraction of sp³-hybridized carbons (Fsp3) is 0.316. The molecular formula is C19H19Cl2N5O. The Morgan fingerprint density at radius 3 is 2.67 bits per heavy atom. The predicted molar refractivity (Wildman–Crippen MR) is 109 cm³/mol. The van der Waals surface area contributed by atoms with Crippen molar-refractivity contribution in [3.63, 3.8) is 0 Å². The van der Waals surface area contributed by atoms with Crippen molar-refractivity contribution >= 4 is 39.9 Å². The summed E-state index contributed by atoms with van der Waals surface area (Å²) in [4.78, 5) is 27.9. The average molecular weight is 404 g/mol. The summed E-state index contributed by atoms with van der Waals surface area (Å²) in [5.74, 6) is 0. The molecule has 0 aliphatic carbocycles. The van der Waals surface area contributed by atoms with Gasteiger partial charge in [0.25, 0.3) is 5.56 Å². The van der Waals surface area contributed by atoms with E-state index in [1.165, 1.54) is 0 Å². The molecule has 0 unspecified atom stereocenters. The zero-order valence-corrected chi connectivity index (χ0v) is 16.4. The summed E-state index contributed by atoms with van der Waals surface area (Å²) in [6.45, 7) is 6.32. The molecule has 27 heavy (non-hydrogen) atoms. The fourth-order valence-corrected chi connectivity index (χ4v) is 3.81. The lowest BCUT2D eigenvalue weighted by molar-refractivity contribution is 0.249. The molecule has 0 aromatic carbocycles. The topological polar surface area (TPSA) is 65.1 Å². The quantitative estimate of drug-likeness (QED) is 0.679. The van der Waals surface area contributed by atoms with Gasteiger partial charge in [-0.3, -0.25) is 14.7 Å². The fourth-order valence-electron chi connectivity index (χ4n) is 3.35. The minimum absolute atomic E-state index is 0.156. The predicted octanol–water partition coefficient (Wildman–Crippen LogP) is 3.26. The van der Waals surface area contributed by atoms with Crippen molar-refractivity contribution in [1.82, 2.24) is 19.9 Å². The van der Waals surface area contributed by atoms with E-state index in [0.29, 0.717) is 16.2 Å². The first kappa shape index (κ1) is 18.2. The Labute approximate surface area is 166 Å². The zero-order valence-electron chi connectivity index (χ0n) is 14.9. The molecule has 1 aliphatic rings. The van der Waals surface area contributed by atoms with Crippen LogP contribution >= 0.6 is 23.2 Å². The summed E-state index contributed by atoms with van der Waals surface area (Å²) in [7, 11) is 0. The minimum Gasteiger partial charge on any atom is -0.366 e. The first-order valence-electron chi connectivity index (χ1n) is 8.77. The molecule has 0 amide bonds. The number of pyridine rings is 3. The normalized spacial score (nSPS) is 15.4. The highest BCUT2D eigenvalue weighted by Crippen LogP contribution is 2.25. The van der Waals surface area contributed by atoms with Crippen LogP contribution in [0.1, 0.15) is 11.3 Å². The summed E-state index contributed by atoms with van der Waals surface area (Å²) in [5.41, 5.74) is 4.08. The maximum Gasteiger partial charge on any atom is 0.267 e. The van der Waals surface area contributed by atoms with Crippen LogP contribution in [0.4, 0.5) is 5.69 Å². The molecule has 1 N–H and O–H groups in total. The number of aryl methyl sites for hydroxylation is 1. The Morgan fingerprint density at radius 2 is 1.93 bits per heavy atom. The molecule has 140 valence electrons. The second-order valence-corrected chi connectivity index (χ2v) is 7.51. The van der Waals surface area contributed by atoms with Gasteiger partial charge in [-0.15, -0.1) is 0 Å².